The summed E-state index contributed by atoms with van der Waals surface area (Å²) in [4.78, 5) is 9.38. The number of aromatic nitrogens is 5. The molecule has 124 valence electrons. The minimum atomic E-state index is 0.834. The van der Waals surface area contributed by atoms with Crippen LogP contribution in [0.25, 0.3) is 39.4 Å². The Hall–Kier alpha value is -3.47. The molecule has 6 rings (SSSR count). The van der Waals surface area contributed by atoms with E-state index in [0.29, 0.717) is 0 Å². The first-order chi connectivity index (χ1) is 12.8. The monoisotopic (exact) mass is 338 g/mol. The van der Waals surface area contributed by atoms with E-state index >= 15 is 0 Å². The quantitative estimate of drug-likeness (QED) is 0.432. The van der Waals surface area contributed by atoms with Crippen LogP contribution in [0, 0.1) is 0 Å². The maximum atomic E-state index is 4.73. The molecular formula is C21H16N5+. The molecule has 5 nitrogen and oxygen atoms in total. The lowest BCUT2D eigenvalue weighted by Gasteiger charge is -2.03. The average molecular weight is 338 g/mol. The van der Waals surface area contributed by atoms with Gasteiger partial charge in [0.05, 0.1) is 13.6 Å². The number of benzene rings is 1. The number of nitrogens with zero attached hydrogens (tertiary/aromatic N) is 5. The number of imidazole rings is 1. The molecule has 0 bridgehead atoms. The van der Waals surface area contributed by atoms with Gasteiger partial charge in [-0.15, -0.1) is 0 Å². The van der Waals surface area contributed by atoms with E-state index in [4.69, 9.17) is 4.98 Å². The zero-order valence-electron chi connectivity index (χ0n) is 14.3. The van der Waals surface area contributed by atoms with Crippen LogP contribution in [0.1, 0.15) is 5.56 Å². The lowest BCUT2D eigenvalue weighted by atomic mass is 10.2. The molecule has 5 aromatic rings. The molecule has 0 saturated carbocycles. The fourth-order valence-electron chi connectivity index (χ4n) is 4.25. The Morgan fingerprint density at radius 1 is 0.923 bits per heavy atom. The van der Waals surface area contributed by atoms with Gasteiger partial charge < -0.3 is 0 Å². The molecule has 0 aliphatic carbocycles. The highest BCUT2D eigenvalue weighted by Crippen LogP contribution is 2.36. The highest BCUT2D eigenvalue weighted by atomic mass is 15.3. The van der Waals surface area contributed by atoms with Crippen molar-refractivity contribution in [3.63, 3.8) is 0 Å². The van der Waals surface area contributed by atoms with Gasteiger partial charge >= 0.3 is 0 Å². The molecule has 5 heterocycles. The normalized spacial score (nSPS) is 12.7. The first-order valence-corrected chi connectivity index (χ1v) is 8.72. The van der Waals surface area contributed by atoms with E-state index in [1.165, 1.54) is 11.1 Å². The molecular weight excluding hydrogens is 322 g/mol. The zero-order chi connectivity index (χ0) is 17.3. The van der Waals surface area contributed by atoms with Crippen molar-refractivity contribution < 1.29 is 4.57 Å². The molecule has 0 spiro atoms. The summed E-state index contributed by atoms with van der Waals surface area (Å²) in [6.45, 7) is 0.834. The number of rotatable bonds is 1. The lowest BCUT2D eigenvalue weighted by molar-refractivity contribution is -0.636. The van der Waals surface area contributed by atoms with Crippen LogP contribution < -0.4 is 4.57 Å². The van der Waals surface area contributed by atoms with Gasteiger partial charge in [-0.25, -0.2) is 23.7 Å². The third-order valence-electron chi connectivity index (χ3n) is 5.28. The number of aryl methyl sites for hydroxylation is 1. The molecule has 26 heavy (non-hydrogen) atoms. The van der Waals surface area contributed by atoms with Crippen molar-refractivity contribution in [1.29, 1.82) is 0 Å². The van der Waals surface area contributed by atoms with E-state index in [1.807, 2.05) is 30.6 Å². The Labute approximate surface area is 149 Å². The Morgan fingerprint density at radius 2 is 1.73 bits per heavy atom. The van der Waals surface area contributed by atoms with Gasteiger partial charge in [-0.05, 0) is 30.3 Å². The van der Waals surface area contributed by atoms with Gasteiger partial charge in [0.25, 0.3) is 11.5 Å². The molecule has 0 amide bonds. The summed E-state index contributed by atoms with van der Waals surface area (Å²) >= 11 is 0. The van der Waals surface area contributed by atoms with Gasteiger partial charge in [0.1, 0.15) is 22.4 Å². The van der Waals surface area contributed by atoms with Crippen LogP contribution in [0.3, 0.4) is 0 Å². The van der Waals surface area contributed by atoms with E-state index in [1.54, 1.807) is 0 Å². The summed E-state index contributed by atoms with van der Waals surface area (Å²) in [6.07, 6.45) is 3.74. The fourth-order valence-corrected chi connectivity index (χ4v) is 4.25. The summed E-state index contributed by atoms with van der Waals surface area (Å²) in [6, 6.07) is 18.8. The minimum absolute atomic E-state index is 0.834. The predicted molar refractivity (Wildman–Crippen MR) is 100 cm³/mol. The van der Waals surface area contributed by atoms with Gasteiger partial charge in [-0.2, -0.15) is 0 Å². The minimum Gasteiger partial charge on any atom is -0.249 e. The largest absolute Gasteiger partial charge is 0.276 e. The maximum absolute atomic E-state index is 4.73. The zero-order valence-corrected chi connectivity index (χ0v) is 14.3. The molecule has 0 atom stereocenters. The number of fused-ring (bicyclic) bond motifs is 7. The van der Waals surface area contributed by atoms with E-state index < -0.39 is 0 Å². The topological polar surface area (TPSA) is 39.5 Å². The van der Waals surface area contributed by atoms with Crippen LogP contribution in [-0.2, 0) is 13.6 Å². The second kappa shape index (κ2) is 4.79. The Morgan fingerprint density at radius 3 is 2.62 bits per heavy atom. The third-order valence-corrected chi connectivity index (χ3v) is 5.28. The van der Waals surface area contributed by atoms with Crippen LogP contribution >= 0.6 is 0 Å². The maximum Gasteiger partial charge on any atom is 0.276 e. The SMILES string of the molecule is C[n+]1c2n(c3c4ncccc4n(-c4ccccc4)c31)Cc1cccnc1-2. The summed E-state index contributed by atoms with van der Waals surface area (Å²) < 4.78 is 6.90. The van der Waals surface area contributed by atoms with Crippen molar-refractivity contribution in [2.24, 2.45) is 7.05 Å². The summed E-state index contributed by atoms with van der Waals surface area (Å²) in [5, 5.41) is 0. The standard InChI is InChI=1S/C21H16N5/c1-24-20-17-14(7-5-11-22-17)13-25(20)19-18-16(10-6-12-23-18)26(21(19)24)15-8-3-2-4-9-15/h2-12H,13H2,1H3/q+1. The van der Waals surface area contributed by atoms with E-state index in [0.717, 1.165) is 40.4 Å². The van der Waals surface area contributed by atoms with Gasteiger partial charge in [-0.3, -0.25) is 0 Å². The first kappa shape index (κ1) is 13.8. The number of para-hydroxylation sites is 1. The van der Waals surface area contributed by atoms with Crippen LogP contribution in [-0.4, -0.2) is 19.1 Å². The van der Waals surface area contributed by atoms with E-state index in [9.17, 15) is 0 Å². The molecule has 1 aromatic carbocycles. The van der Waals surface area contributed by atoms with Crippen LogP contribution in [0.2, 0.25) is 0 Å². The third kappa shape index (κ3) is 1.57. The fraction of sp³-hybridized carbons (Fsp3) is 0.0952. The highest BCUT2D eigenvalue weighted by Gasteiger charge is 2.36. The molecule has 0 radical (unpaired) electrons. The molecule has 1 aliphatic rings. The smallest absolute Gasteiger partial charge is 0.249 e. The summed E-state index contributed by atoms with van der Waals surface area (Å²) in [5.74, 6) is 1.14. The molecule has 0 saturated heterocycles. The molecule has 4 aromatic heterocycles. The molecule has 5 heteroatoms. The summed E-state index contributed by atoms with van der Waals surface area (Å²) in [7, 11) is 2.12. The molecule has 0 unspecified atom stereocenters. The molecule has 0 N–H and O–H groups in total. The first-order valence-electron chi connectivity index (χ1n) is 8.72. The Kier molecular flexibility index (Phi) is 2.54. The number of hydrogen-bond acceptors (Lipinski definition) is 2. The number of pyridine rings is 2. The van der Waals surface area contributed by atoms with Crippen molar-refractivity contribution in [2.45, 2.75) is 6.54 Å². The van der Waals surface area contributed by atoms with Crippen molar-refractivity contribution >= 4 is 22.2 Å². The molecule has 0 fully saturated rings. The van der Waals surface area contributed by atoms with Crippen molar-refractivity contribution in [2.75, 3.05) is 0 Å². The number of hydrogen-bond donors (Lipinski definition) is 0. The molecule has 1 aliphatic heterocycles. The second-order valence-electron chi connectivity index (χ2n) is 6.69. The van der Waals surface area contributed by atoms with Crippen molar-refractivity contribution in [3.8, 4) is 17.2 Å². The second-order valence-corrected chi connectivity index (χ2v) is 6.69. The Bertz CT molecular complexity index is 1310. The van der Waals surface area contributed by atoms with Crippen molar-refractivity contribution in [3.05, 3.63) is 72.6 Å². The van der Waals surface area contributed by atoms with Crippen molar-refractivity contribution in [1.82, 2.24) is 19.1 Å². The van der Waals surface area contributed by atoms with Gasteiger partial charge in [0, 0.05) is 18.0 Å². The predicted octanol–water partition coefficient (Wildman–Crippen LogP) is 3.23. The van der Waals surface area contributed by atoms with Gasteiger partial charge in [0.2, 0.25) is 5.52 Å². The highest BCUT2D eigenvalue weighted by molar-refractivity contribution is 6.03. The van der Waals surface area contributed by atoms with E-state index in [2.05, 4.69) is 62.1 Å². The van der Waals surface area contributed by atoms with E-state index in [-0.39, 0.29) is 0 Å². The Balaban J connectivity index is 1.83. The van der Waals surface area contributed by atoms with Gasteiger partial charge in [0.15, 0.2) is 0 Å². The average Bonchev–Trinajstić information content (AvgIpc) is 3.31. The van der Waals surface area contributed by atoms with Crippen LogP contribution in [0.4, 0.5) is 0 Å². The van der Waals surface area contributed by atoms with Crippen LogP contribution in [0.5, 0.6) is 0 Å². The lowest BCUT2D eigenvalue weighted by Crippen LogP contribution is -2.31. The van der Waals surface area contributed by atoms with Gasteiger partial charge in [-0.1, -0.05) is 24.3 Å². The van der Waals surface area contributed by atoms with Crippen LogP contribution in [0.15, 0.2) is 67.0 Å². The summed E-state index contributed by atoms with van der Waals surface area (Å²) in [5.41, 5.74) is 7.93.